The molecule has 10 nitrogen and oxygen atoms in total. The van der Waals surface area contributed by atoms with Gasteiger partial charge in [-0.25, -0.2) is 8.42 Å². The van der Waals surface area contributed by atoms with Crippen LogP contribution in [0, 0.1) is 10.1 Å². The summed E-state index contributed by atoms with van der Waals surface area (Å²) in [5.74, 6) is -1.13. The number of halogens is 2. The zero-order valence-corrected chi connectivity index (χ0v) is 27.9. The second-order valence-electron chi connectivity index (χ2n) is 10.7. The number of carbonyl (C=O) groups excluding carboxylic acids is 2. The van der Waals surface area contributed by atoms with Gasteiger partial charge < -0.3 is 10.2 Å². The maximum absolute atomic E-state index is 14.5. The van der Waals surface area contributed by atoms with Gasteiger partial charge in [0.2, 0.25) is 11.8 Å². The van der Waals surface area contributed by atoms with Crippen LogP contribution in [0.4, 0.5) is 11.4 Å². The van der Waals surface area contributed by atoms with Crippen LogP contribution in [0.25, 0.3) is 0 Å². The first-order valence-electron chi connectivity index (χ1n) is 14.9. The van der Waals surface area contributed by atoms with Crippen molar-refractivity contribution in [1.29, 1.82) is 0 Å². The Morgan fingerprint density at radius 3 is 2.19 bits per heavy atom. The minimum absolute atomic E-state index is 0.0853. The van der Waals surface area contributed by atoms with E-state index in [9.17, 15) is 28.1 Å². The Bertz CT molecular complexity index is 1810. The summed E-state index contributed by atoms with van der Waals surface area (Å²) in [4.78, 5) is 40.5. The highest BCUT2D eigenvalue weighted by Crippen LogP contribution is 2.29. The van der Waals surface area contributed by atoms with Crippen molar-refractivity contribution in [3.05, 3.63) is 134 Å². The summed E-state index contributed by atoms with van der Waals surface area (Å²) in [6.07, 6.45) is 1.69. The Balaban J connectivity index is 1.82. The first-order chi connectivity index (χ1) is 22.5. The van der Waals surface area contributed by atoms with Gasteiger partial charge in [0, 0.05) is 31.6 Å². The summed E-state index contributed by atoms with van der Waals surface area (Å²) in [6.45, 7) is 1.51. The number of non-ortho nitro benzene ring substituents is 1. The Hall–Kier alpha value is -4.45. The molecule has 0 saturated carbocycles. The van der Waals surface area contributed by atoms with E-state index < -0.39 is 39.3 Å². The first-order valence-corrected chi connectivity index (χ1v) is 17.1. The van der Waals surface area contributed by atoms with Gasteiger partial charge in [-0.1, -0.05) is 97.2 Å². The van der Waals surface area contributed by atoms with Gasteiger partial charge in [0.05, 0.1) is 25.6 Å². The zero-order chi connectivity index (χ0) is 34.0. The van der Waals surface area contributed by atoms with Crippen LogP contribution < -0.4 is 9.62 Å². The van der Waals surface area contributed by atoms with Crippen molar-refractivity contribution in [2.24, 2.45) is 0 Å². The fourth-order valence-corrected chi connectivity index (χ4v) is 6.65. The monoisotopic (exact) mass is 696 g/mol. The lowest BCUT2D eigenvalue weighted by molar-refractivity contribution is -0.384. The Morgan fingerprint density at radius 2 is 1.55 bits per heavy atom. The van der Waals surface area contributed by atoms with Crippen LogP contribution in [0.2, 0.25) is 10.0 Å². The van der Waals surface area contributed by atoms with Crippen LogP contribution in [0.3, 0.4) is 0 Å². The molecule has 0 aromatic heterocycles. The van der Waals surface area contributed by atoms with Gasteiger partial charge in [-0.05, 0) is 47.9 Å². The van der Waals surface area contributed by atoms with E-state index in [1.54, 1.807) is 24.3 Å². The SMILES string of the molecule is CCCCNC(=O)C(Cc1ccccc1)N(Cc1ccc(Cl)c(Cl)c1)C(=O)CN(c1cccc([N+](=O)[O-])c1)S(=O)(=O)c1ccccc1. The molecule has 13 heteroatoms. The molecular formula is C34H34Cl2N4O6S. The van der Waals surface area contributed by atoms with E-state index in [2.05, 4.69) is 5.32 Å². The molecule has 4 rings (SSSR count). The fraction of sp³-hybridized carbons (Fsp3) is 0.235. The number of nitrogens with zero attached hydrogens (tertiary/aromatic N) is 3. The van der Waals surface area contributed by atoms with Crippen LogP contribution >= 0.6 is 23.2 Å². The molecule has 47 heavy (non-hydrogen) atoms. The molecule has 0 bridgehead atoms. The number of rotatable bonds is 15. The lowest BCUT2D eigenvalue weighted by atomic mass is 10.0. The number of sulfonamides is 1. The first kappa shape index (κ1) is 35.4. The summed E-state index contributed by atoms with van der Waals surface area (Å²) in [5.41, 5.74) is 0.897. The van der Waals surface area contributed by atoms with Crippen LogP contribution in [0.5, 0.6) is 0 Å². The van der Waals surface area contributed by atoms with E-state index in [1.165, 1.54) is 47.4 Å². The highest BCUT2D eigenvalue weighted by molar-refractivity contribution is 7.92. The molecule has 0 aliphatic rings. The van der Waals surface area contributed by atoms with Crippen LogP contribution in [-0.4, -0.2) is 49.2 Å². The van der Waals surface area contributed by atoms with Gasteiger partial charge in [-0.2, -0.15) is 0 Å². The minimum Gasteiger partial charge on any atom is -0.354 e. The number of nitrogens with one attached hydrogen (secondary N) is 1. The van der Waals surface area contributed by atoms with Crippen molar-refractivity contribution in [1.82, 2.24) is 10.2 Å². The molecule has 0 fully saturated rings. The molecule has 4 aromatic rings. The third kappa shape index (κ3) is 9.31. The summed E-state index contributed by atoms with van der Waals surface area (Å²) in [7, 11) is -4.41. The molecule has 0 radical (unpaired) electrons. The largest absolute Gasteiger partial charge is 0.354 e. The van der Waals surface area contributed by atoms with Gasteiger partial charge in [-0.15, -0.1) is 0 Å². The summed E-state index contributed by atoms with van der Waals surface area (Å²) in [5, 5.41) is 15.1. The number of amides is 2. The van der Waals surface area contributed by atoms with Crippen molar-refractivity contribution in [3.8, 4) is 0 Å². The average Bonchev–Trinajstić information content (AvgIpc) is 3.07. The standard InChI is InChI=1S/C34H34Cl2N4O6S/c1-2-3-19-37-34(42)32(21-25-11-6-4-7-12-25)38(23-26-17-18-30(35)31(36)20-26)33(41)24-39(27-13-10-14-28(22-27)40(43)44)47(45,46)29-15-8-5-9-16-29/h4-18,20,22,32H,2-3,19,21,23-24H2,1H3,(H,37,42). The molecule has 0 saturated heterocycles. The summed E-state index contributed by atoms with van der Waals surface area (Å²) < 4.78 is 28.9. The predicted octanol–water partition coefficient (Wildman–Crippen LogP) is 6.65. The van der Waals surface area contributed by atoms with E-state index in [4.69, 9.17) is 23.2 Å². The maximum atomic E-state index is 14.5. The molecule has 0 heterocycles. The summed E-state index contributed by atoms with van der Waals surface area (Å²) in [6, 6.07) is 25.4. The quantitative estimate of drug-likeness (QED) is 0.0841. The molecule has 1 N–H and O–H groups in total. The number of carbonyl (C=O) groups is 2. The third-order valence-corrected chi connectivity index (χ3v) is 9.90. The van der Waals surface area contributed by atoms with E-state index >= 15 is 0 Å². The van der Waals surface area contributed by atoms with E-state index in [1.807, 2.05) is 37.3 Å². The molecule has 246 valence electrons. The topological polar surface area (TPSA) is 130 Å². The second kappa shape index (κ2) is 16.4. The normalized spacial score (nSPS) is 11.8. The van der Waals surface area contributed by atoms with Crippen molar-refractivity contribution < 1.29 is 22.9 Å². The third-order valence-electron chi connectivity index (χ3n) is 7.38. The number of nitro groups is 1. The summed E-state index contributed by atoms with van der Waals surface area (Å²) >= 11 is 12.5. The van der Waals surface area contributed by atoms with Gasteiger partial charge in [0.15, 0.2) is 0 Å². The number of unbranched alkanes of at least 4 members (excludes halogenated alkanes) is 1. The zero-order valence-electron chi connectivity index (χ0n) is 25.6. The predicted molar refractivity (Wildman–Crippen MR) is 183 cm³/mol. The van der Waals surface area contributed by atoms with Crippen LogP contribution in [-0.2, 0) is 32.6 Å². The average molecular weight is 698 g/mol. The molecular weight excluding hydrogens is 663 g/mol. The Kier molecular flexibility index (Phi) is 12.4. The molecule has 0 aliphatic carbocycles. The molecule has 0 aliphatic heterocycles. The van der Waals surface area contributed by atoms with Crippen LogP contribution in [0.15, 0.2) is 108 Å². The van der Waals surface area contributed by atoms with Crippen molar-refractivity contribution in [2.75, 3.05) is 17.4 Å². The van der Waals surface area contributed by atoms with Crippen molar-refractivity contribution in [2.45, 2.75) is 43.7 Å². The molecule has 4 aromatic carbocycles. The van der Waals surface area contributed by atoms with Crippen molar-refractivity contribution in [3.63, 3.8) is 0 Å². The van der Waals surface area contributed by atoms with Crippen LogP contribution in [0.1, 0.15) is 30.9 Å². The molecule has 2 amide bonds. The molecule has 1 unspecified atom stereocenters. The lowest BCUT2D eigenvalue weighted by Gasteiger charge is -2.34. The smallest absolute Gasteiger partial charge is 0.271 e. The molecule has 1 atom stereocenters. The lowest BCUT2D eigenvalue weighted by Crippen LogP contribution is -2.53. The van der Waals surface area contributed by atoms with E-state index in [0.717, 1.165) is 28.8 Å². The number of benzene rings is 4. The van der Waals surface area contributed by atoms with Gasteiger partial charge in [0.25, 0.3) is 15.7 Å². The number of hydrogen-bond donors (Lipinski definition) is 1. The second-order valence-corrected chi connectivity index (χ2v) is 13.4. The number of nitro benzene ring substituents is 1. The highest BCUT2D eigenvalue weighted by atomic mass is 35.5. The van der Waals surface area contributed by atoms with Gasteiger partial charge in [0.1, 0.15) is 12.6 Å². The minimum atomic E-state index is -4.41. The van der Waals surface area contributed by atoms with E-state index in [0.29, 0.717) is 17.1 Å². The van der Waals surface area contributed by atoms with E-state index in [-0.39, 0.29) is 34.3 Å². The molecule has 0 spiro atoms. The van der Waals surface area contributed by atoms with Gasteiger partial charge >= 0.3 is 0 Å². The Morgan fingerprint density at radius 1 is 0.872 bits per heavy atom. The number of anilines is 1. The number of hydrogen-bond acceptors (Lipinski definition) is 6. The fourth-order valence-electron chi connectivity index (χ4n) is 4.90. The van der Waals surface area contributed by atoms with Gasteiger partial charge in [-0.3, -0.25) is 24.0 Å². The Labute approximate surface area is 284 Å². The maximum Gasteiger partial charge on any atom is 0.271 e. The highest BCUT2D eigenvalue weighted by Gasteiger charge is 2.35. The van der Waals surface area contributed by atoms with Crippen molar-refractivity contribution >= 4 is 56.4 Å².